The van der Waals surface area contributed by atoms with E-state index >= 15 is 0 Å². The summed E-state index contributed by atoms with van der Waals surface area (Å²) in [6.45, 7) is 3.23. The molecule has 1 amide bonds. The van der Waals surface area contributed by atoms with Gasteiger partial charge < -0.3 is 4.74 Å². The number of rotatable bonds is 3. The van der Waals surface area contributed by atoms with E-state index in [1.807, 2.05) is 6.07 Å². The van der Waals surface area contributed by atoms with Crippen LogP contribution in [0.1, 0.15) is 31.9 Å². The third-order valence-electron chi connectivity index (χ3n) is 4.46. The van der Waals surface area contributed by atoms with Gasteiger partial charge in [-0.2, -0.15) is 18.2 Å². The summed E-state index contributed by atoms with van der Waals surface area (Å²) in [6.07, 6.45) is -4.54. The Hall–Kier alpha value is -2.28. The summed E-state index contributed by atoms with van der Waals surface area (Å²) in [5.41, 5.74) is 1.47. The van der Waals surface area contributed by atoms with Gasteiger partial charge in [-0.25, -0.2) is 0 Å². The second kappa shape index (κ2) is 5.91. The van der Waals surface area contributed by atoms with Crippen LogP contribution in [0.2, 0.25) is 0 Å². The van der Waals surface area contributed by atoms with Gasteiger partial charge in [0.15, 0.2) is 6.04 Å². The molecule has 134 valence electrons. The molecule has 25 heavy (non-hydrogen) atoms. The third kappa shape index (κ3) is 3.16. The van der Waals surface area contributed by atoms with Gasteiger partial charge in [0.05, 0.1) is 7.11 Å². The van der Waals surface area contributed by atoms with E-state index in [-0.39, 0.29) is 12.0 Å². The number of nitrogens with zero attached hydrogens (tertiary/aromatic N) is 1. The summed E-state index contributed by atoms with van der Waals surface area (Å²) in [7, 11) is 1.48. The Kier molecular flexibility index (Phi) is 4.15. The topological polar surface area (TPSA) is 41.6 Å². The molecule has 0 radical (unpaired) electrons. The quantitative estimate of drug-likeness (QED) is 0.909. The van der Waals surface area contributed by atoms with E-state index in [2.05, 4.69) is 5.43 Å². The lowest BCUT2D eigenvalue weighted by molar-refractivity contribution is -0.203. The van der Waals surface area contributed by atoms with Crippen molar-refractivity contribution < 1.29 is 22.7 Å². The molecule has 0 aliphatic carbocycles. The minimum atomic E-state index is -4.55. The fraction of sp³-hybridized carbons (Fsp3) is 0.389. The zero-order chi connectivity index (χ0) is 18.4. The van der Waals surface area contributed by atoms with Gasteiger partial charge in [-0.1, -0.05) is 24.3 Å². The van der Waals surface area contributed by atoms with Crippen LogP contribution in [0.4, 0.5) is 13.2 Å². The molecule has 1 fully saturated rings. The number of carbonyl (C=O) groups excluding carboxylic acids is 1. The second-order valence-electron chi connectivity index (χ2n) is 6.78. The Bertz CT molecular complexity index is 818. The molecule has 1 aliphatic rings. The maximum atomic E-state index is 13.9. The normalized spacial score (nSPS) is 19.0. The number of fused-ring (bicyclic) bond motifs is 1. The SMILES string of the molecule is COc1cccc2ccc([C@H](N3NC(=O)CC3(C)C)C(F)(F)F)cc12. The fourth-order valence-electron chi connectivity index (χ4n) is 3.31. The molecule has 0 bridgehead atoms. The highest BCUT2D eigenvalue weighted by Crippen LogP contribution is 2.43. The standard InChI is InChI=1S/C18H19F3N2O2/c1-17(2)10-15(24)22-23(17)16(18(19,20)21)12-8-7-11-5-4-6-14(25-3)13(11)9-12/h4-9,16H,10H2,1-3H3,(H,22,24)/t16-/m0/s1. The van der Waals surface area contributed by atoms with Crippen LogP contribution in [0.3, 0.4) is 0 Å². The molecular formula is C18H19F3N2O2. The number of methoxy groups -OCH3 is 1. The summed E-state index contributed by atoms with van der Waals surface area (Å²) in [4.78, 5) is 11.7. The molecule has 1 heterocycles. The van der Waals surface area contributed by atoms with Crippen LogP contribution in [-0.2, 0) is 4.79 Å². The smallest absolute Gasteiger partial charge is 0.409 e. The Labute approximate surface area is 143 Å². The summed E-state index contributed by atoms with van der Waals surface area (Å²) in [6, 6.07) is 7.92. The van der Waals surface area contributed by atoms with Crippen LogP contribution < -0.4 is 10.2 Å². The number of alkyl halides is 3. The molecule has 1 saturated heterocycles. The number of carbonyl (C=O) groups is 1. The van der Waals surface area contributed by atoms with Gasteiger partial charge in [-0.15, -0.1) is 0 Å². The lowest BCUT2D eigenvalue weighted by Crippen LogP contribution is -2.51. The first-order chi connectivity index (χ1) is 11.6. The van der Waals surface area contributed by atoms with Gasteiger partial charge in [0.1, 0.15) is 5.75 Å². The first kappa shape index (κ1) is 17.5. The van der Waals surface area contributed by atoms with Gasteiger partial charge in [0.2, 0.25) is 5.91 Å². The highest BCUT2D eigenvalue weighted by atomic mass is 19.4. The van der Waals surface area contributed by atoms with Crippen molar-refractivity contribution in [2.24, 2.45) is 0 Å². The number of halogens is 3. The number of hydrazine groups is 1. The molecule has 2 aromatic carbocycles. The summed E-state index contributed by atoms with van der Waals surface area (Å²) < 4.78 is 46.9. The Morgan fingerprint density at radius 1 is 1.24 bits per heavy atom. The van der Waals surface area contributed by atoms with Crippen LogP contribution in [0.15, 0.2) is 36.4 Å². The molecule has 1 atom stereocenters. The van der Waals surface area contributed by atoms with Gasteiger partial charge in [0, 0.05) is 17.3 Å². The lowest BCUT2D eigenvalue weighted by Gasteiger charge is -2.38. The number of benzene rings is 2. The van der Waals surface area contributed by atoms with Crippen molar-refractivity contribution in [2.75, 3.05) is 7.11 Å². The summed E-state index contributed by atoms with van der Waals surface area (Å²) in [5.74, 6) is 0.0858. The predicted molar refractivity (Wildman–Crippen MR) is 88.0 cm³/mol. The maximum Gasteiger partial charge on any atom is 0.409 e. The van der Waals surface area contributed by atoms with Gasteiger partial charge in [0.25, 0.3) is 0 Å². The first-order valence-electron chi connectivity index (χ1n) is 7.86. The van der Waals surface area contributed by atoms with Crippen molar-refractivity contribution in [2.45, 2.75) is 38.0 Å². The van der Waals surface area contributed by atoms with E-state index < -0.39 is 23.7 Å². The Morgan fingerprint density at radius 3 is 2.52 bits per heavy atom. The van der Waals surface area contributed by atoms with E-state index in [9.17, 15) is 18.0 Å². The molecule has 7 heteroatoms. The van der Waals surface area contributed by atoms with E-state index in [0.29, 0.717) is 11.1 Å². The molecule has 1 N–H and O–H groups in total. The number of amides is 1. The van der Waals surface area contributed by atoms with Crippen molar-refractivity contribution in [3.63, 3.8) is 0 Å². The number of hydrogen-bond acceptors (Lipinski definition) is 3. The van der Waals surface area contributed by atoms with E-state index in [1.165, 1.54) is 19.2 Å². The number of ether oxygens (including phenoxy) is 1. The van der Waals surface area contributed by atoms with E-state index in [1.54, 1.807) is 32.0 Å². The monoisotopic (exact) mass is 352 g/mol. The van der Waals surface area contributed by atoms with Crippen molar-refractivity contribution in [3.8, 4) is 5.75 Å². The van der Waals surface area contributed by atoms with Gasteiger partial charge >= 0.3 is 6.18 Å². The second-order valence-corrected chi connectivity index (χ2v) is 6.78. The average molecular weight is 352 g/mol. The minimum Gasteiger partial charge on any atom is -0.496 e. The highest BCUT2D eigenvalue weighted by Gasteiger charge is 2.53. The van der Waals surface area contributed by atoms with Crippen LogP contribution in [0.5, 0.6) is 5.75 Å². The molecule has 0 unspecified atom stereocenters. The molecule has 0 aromatic heterocycles. The molecule has 3 rings (SSSR count). The van der Waals surface area contributed by atoms with Gasteiger partial charge in [-0.05, 0) is 36.9 Å². The van der Waals surface area contributed by atoms with Crippen molar-refractivity contribution in [3.05, 3.63) is 42.0 Å². The molecular weight excluding hydrogens is 333 g/mol. The summed E-state index contributed by atoms with van der Waals surface area (Å²) in [5, 5.41) is 2.39. The van der Waals surface area contributed by atoms with Crippen LogP contribution in [-0.4, -0.2) is 29.7 Å². The van der Waals surface area contributed by atoms with Crippen LogP contribution in [0, 0.1) is 0 Å². The largest absolute Gasteiger partial charge is 0.496 e. The maximum absolute atomic E-state index is 13.9. The van der Waals surface area contributed by atoms with Crippen molar-refractivity contribution in [1.82, 2.24) is 10.4 Å². The fourth-order valence-corrected chi connectivity index (χ4v) is 3.31. The molecule has 0 spiro atoms. The van der Waals surface area contributed by atoms with Crippen molar-refractivity contribution in [1.29, 1.82) is 0 Å². The Balaban J connectivity index is 2.15. The number of hydrogen-bond donors (Lipinski definition) is 1. The highest BCUT2D eigenvalue weighted by molar-refractivity contribution is 5.89. The zero-order valence-corrected chi connectivity index (χ0v) is 14.1. The molecule has 0 saturated carbocycles. The van der Waals surface area contributed by atoms with E-state index in [0.717, 1.165) is 10.4 Å². The predicted octanol–water partition coefficient (Wildman–Crippen LogP) is 3.97. The molecule has 2 aromatic rings. The van der Waals surface area contributed by atoms with Crippen LogP contribution >= 0.6 is 0 Å². The minimum absolute atomic E-state index is 0.0104. The Morgan fingerprint density at radius 2 is 1.96 bits per heavy atom. The lowest BCUT2D eigenvalue weighted by atomic mass is 9.95. The van der Waals surface area contributed by atoms with Crippen molar-refractivity contribution >= 4 is 16.7 Å². The van der Waals surface area contributed by atoms with Gasteiger partial charge in [-0.3, -0.25) is 10.2 Å². The molecule has 1 aliphatic heterocycles. The average Bonchev–Trinajstić information content (AvgIpc) is 2.77. The zero-order valence-electron chi connectivity index (χ0n) is 14.1. The third-order valence-corrected chi connectivity index (χ3v) is 4.46. The van der Waals surface area contributed by atoms with Crippen LogP contribution in [0.25, 0.3) is 10.8 Å². The van der Waals surface area contributed by atoms with E-state index in [4.69, 9.17) is 4.74 Å². The number of nitrogens with one attached hydrogen (secondary N) is 1. The molecule has 4 nitrogen and oxygen atoms in total. The first-order valence-corrected chi connectivity index (χ1v) is 7.86. The summed E-state index contributed by atoms with van der Waals surface area (Å²) >= 11 is 0.